The third kappa shape index (κ3) is 6.12. The van der Waals surface area contributed by atoms with Crippen molar-refractivity contribution >= 4 is 35.1 Å². The molecule has 2 aromatic carbocycles. The predicted octanol–water partition coefficient (Wildman–Crippen LogP) is 4.69. The molecule has 0 radical (unpaired) electrons. The second kappa shape index (κ2) is 12.9. The van der Waals surface area contributed by atoms with Gasteiger partial charge in [-0.1, -0.05) is 48.9 Å². The van der Waals surface area contributed by atoms with Gasteiger partial charge in [0.2, 0.25) is 11.8 Å². The molecule has 1 aliphatic heterocycles. The summed E-state index contributed by atoms with van der Waals surface area (Å²) in [7, 11) is 1.56. The highest BCUT2D eigenvalue weighted by Crippen LogP contribution is 2.46. The van der Waals surface area contributed by atoms with Crippen LogP contribution in [-0.2, 0) is 14.3 Å². The lowest BCUT2D eigenvalue weighted by Crippen LogP contribution is -2.39. The van der Waals surface area contributed by atoms with Crippen LogP contribution in [0.15, 0.2) is 59.7 Å². The van der Waals surface area contributed by atoms with Crippen LogP contribution in [0.2, 0.25) is 5.02 Å². The van der Waals surface area contributed by atoms with Crippen LogP contribution in [0, 0.1) is 17.8 Å². The number of hydrogen-bond donors (Lipinski definition) is 3. The number of phenolic OH excluding ortho intramolecular Hbond substituents is 1. The minimum absolute atomic E-state index is 0.0783. The standard InChI is InChI=1S/C31H36ClNO6/c1-3-13-33-30(37)24-15-22(18-39-2)28(25(17-34)29(24)31(33)38)27(36)12-10-20(19-7-5-4-6-8-19)14-21-9-11-23(35)16-26(21)32/h4-9,11,14,16,24-25,27,29,34-36H,3,10,12-13,15,17-18H2,1-2H3/b20-14-/t24-,25+,27-,29-/m1/s1. The molecule has 0 aromatic heterocycles. The second-order valence-corrected chi connectivity index (χ2v) is 10.6. The van der Waals surface area contributed by atoms with Gasteiger partial charge in [0.25, 0.3) is 0 Å². The fourth-order valence-corrected chi connectivity index (χ4v) is 6.23. The first-order valence-corrected chi connectivity index (χ1v) is 13.8. The number of halogens is 1. The van der Waals surface area contributed by atoms with E-state index in [0.717, 1.165) is 22.3 Å². The number of phenols is 1. The number of hydrogen-bond acceptors (Lipinski definition) is 6. The highest BCUT2D eigenvalue weighted by molar-refractivity contribution is 6.32. The van der Waals surface area contributed by atoms with E-state index in [1.807, 2.05) is 43.3 Å². The van der Waals surface area contributed by atoms with Crippen molar-refractivity contribution in [3.05, 3.63) is 75.8 Å². The molecule has 2 amide bonds. The van der Waals surface area contributed by atoms with Gasteiger partial charge in [0, 0.05) is 19.6 Å². The Bertz CT molecular complexity index is 1260. The lowest BCUT2D eigenvalue weighted by Gasteiger charge is -2.36. The van der Waals surface area contributed by atoms with E-state index in [1.165, 1.54) is 11.0 Å². The third-order valence-electron chi connectivity index (χ3n) is 7.74. The van der Waals surface area contributed by atoms with Gasteiger partial charge in [0.05, 0.1) is 36.2 Å². The molecular weight excluding hydrogens is 518 g/mol. The van der Waals surface area contributed by atoms with Crippen molar-refractivity contribution in [2.45, 2.75) is 38.7 Å². The molecule has 1 saturated heterocycles. The monoisotopic (exact) mass is 553 g/mol. The molecule has 0 saturated carbocycles. The molecule has 7 nitrogen and oxygen atoms in total. The summed E-state index contributed by atoms with van der Waals surface area (Å²) in [6.45, 7) is 2.14. The molecule has 2 aromatic rings. The first kappa shape index (κ1) is 29.0. The number of aromatic hydroxyl groups is 1. The van der Waals surface area contributed by atoms with Crippen LogP contribution >= 0.6 is 11.6 Å². The van der Waals surface area contributed by atoms with Crippen molar-refractivity contribution < 1.29 is 29.6 Å². The van der Waals surface area contributed by atoms with Gasteiger partial charge in [0.1, 0.15) is 5.75 Å². The molecular formula is C31H36ClNO6. The van der Waals surface area contributed by atoms with Crippen molar-refractivity contribution in [2.24, 2.45) is 17.8 Å². The molecule has 0 bridgehead atoms. The average molecular weight is 554 g/mol. The first-order valence-electron chi connectivity index (χ1n) is 13.4. The van der Waals surface area contributed by atoms with Crippen LogP contribution in [0.25, 0.3) is 11.6 Å². The number of methoxy groups -OCH3 is 1. The number of nitrogens with zero attached hydrogens (tertiary/aromatic N) is 1. The third-order valence-corrected chi connectivity index (χ3v) is 8.07. The number of aliphatic hydroxyl groups excluding tert-OH is 2. The average Bonchev–Trinajstić information content (AvgIpc) is 3.16. The van der Waals surface area contributed by atoms with Crippen molar-refractivity contribution in [2.75, 3.05) is 26.9 Å². The van der Waals surface area contributed by atoms with E-state index in [0.29, 0.717) is 42.8 Å². The molecule has 3 N–H and O–H groups in total. The summed E-state index contributed by atoms with van der Waals surface area (Å²) in [6.07, 6.45) is 2.79. The highest BCUT2D eigenvalue weighted by atomic mass is 35.5. The van der Waals surface area contributed by atoms with Gasteiger partial charge in [-0.05, 0) is 77.8 Å². The van der Waals surface area contributed by atoms with Gasteiger partial charge in [0.15, 0.2) is 0 Å². The topological polar surface area (TPSA) is 107 Å². The van der Waals surface area contributed by atoms with E-state index >= 15 is 0 Å². The fourth-order valence-electron chi connectivity index (χ4n) is 6.00. The number of benzene rings is 2. The number of rotatable bonds is 11. The van der Waals surface area contributed by atoms with Crippen molar-refractivity contribution in [3.8, 4) is 5.75 Å². The lowest BCUT2D eigenvalue weighted by molar-refractivity contribution is -0.140. The van der Waals surface area contributed by atoms with Gasteiger partial charge in [-0.25, -0.2) is 0 Å². The van der Waals surface area contributed by atoms with Gasteiger partial charge < -0.3 is 20.1 Å². The van der Waals surface area contributed by atoms with Crippen molar-refractivity contribution in [3.63, 3.8) is 0 Å². The number of imide groups is 1. The summed E-state index contributed by atoms with van der Waals surface area (Å²) in [5.74, 6) is -2.27. The van der Waals surface area contributed by atoms with Gasteiger partial charge in [-0.15, -0.1) is 0 Å². The summed E-state index contributed by atoms with van der Waals surface area (Å²) < 4.78 is 5.43. The fraction of sp³-hybridized carbons (Fsp3) is 0.419. The lowest BCUT2D eigenvalue weighted by atomic mass is 9.68. The molecule has 39 heavy (non-hydrogen) atoms. The minimum atomic E-state index is -0.946. The summed E-state index contributed by atoms with van der Waals surface area (Å²) in [4.78, 5) is 27.7. The van der Waals surface area contributed by atoms with E-state index in [1.54, 1.807) is 19.2 Å². The number of fused-ring (bicyclic) bond motifs is 1. The molecule has 2 aliphatic rings. The van der Waals surface area contributed by atoms with Crippen LogP contribution < -0.4 is 0 Å². The van der Waals surface area contributed by atoms with E-state index in [9.17, 15) is 24.9 Å². The van der Waals surface area contributed by atoms with E-state index < -0.39 is 23.9 Å². The van der Waals surface area contributed by atoms with Crippen LogP contribution in [0.1, 0.15) is 43.7 Å². The molecule has 8 heteroatoms. The Hall–Kier alpha value is -2.97. The molecule has 0 unspecified atom stereocenters. The van der Waals surface area contributed by atoms with Gasteiger partial charge in [-0.2, -0.15) is 0 Å². The van der Waals surface area contributed by atoms with E-state index in [2.05, 4.69) is 0 Å². The maximum absolute atomic E-state index is 13.3. The summed E-state index contributed by atoms with van der Waals surface area (Å²) >= 11 is 6.38. The Morgan fingerprint density at radius 2 is 1.92 bits per heavy atom. The number of allylic oxidation sites excluding steroid dienone is 1. The zero-order chi connectivity index (χ0) is 28.1. The van der Waals surface area contributed by atoms with E-state index in [4.69, 9.17) is 16.3 Å². The molecule has 1 aliphatic carbocycles. The van der Waals surface area contributed by atoms with Gasteiger partial charge >= 0.3 is 0 Å². The number of likely N-dealkylation sites (tertiary alicyclic amines) is 1. The Labute approximate surface area is 234 Å². The molecule has 1 fully saturated rings. The van der Waals surface area contributed by atoms with E-state index in [-0.39, 0.29) is 30.8 Å². The molecule has 4 atom stereocenters. The molecule has 1 heterocycles. The number of amides is 2. The maximum atomic E-state index is 13.3. The summed E-state index contributed by atoms with van der Waals surface area (Å²) in [5, 5.41) is 32.2. The summed E-state index contributed by atoms with van der Waals surface area (Å²) in [5.41, 5.74) is 4.02. The predicted molar refractivity (Wildman–Crippen MR) is 151 cm³/mol. The Morgan fingerprint density at radius 1 is 1.18 bits per heavy atom. The van der Waals surface area contributed by atoms with Crippen LogP contribution in [0.4, 0.5) is 0 Å². The van der Waals surface area contributed by atoms with Crippen LogP contribution in [0.5, 0.6) is 5.75 Å². The normalized spacial score (nSPS) is 22.4. The van der Waals surface area contributed by atoms with Crippen LogP contribution in [0.3, 0.4) is 0 Å². The van der Waals surface area contributed by atoms with Crippen molar-refractivity contribution in [1.82, 2.24) is 4.90 Å². The molecule has 208 valence electrons. The zero-order valence-corrected chi connectivity index (χ0v) is 23.1. The largest absolute Gasteiger partial charge is 0.508 e. The second-order valence-electron chi connectivity index (χ2n) is 10.2. The van der Waals surface area contributed by atoms with Crippen molar-refractivity contribution in [1.29, 1.82) is 0 Å². The Balaban J connectivity index is 1.65. The van der Waals surface area contributed by atoms with Gasteiger partial charge in [-0.3, -0.25) is 14.5 Å². The quantitative estimate of drug-likeness (QED) is 0.212. The number of carbonyl (C=O) groups is 2. The molecule has 0 spiro atoms. The smallest absolute Gasteiger partial charge is 0.233 e. The molecule has 4 rings (SSSR count). The SMILES string of the molecule is CCCN1C(=O)[C@@H]2[C@@H](CC(COC)=C([C@H](O)CC/C(=C/c3ccc(O)cc3Cl)c3ccccc3)[C@@H]2CO)C1=O. The minimum Gasteiger partial charge on any atom is -0.508 e. The number of aliphatic hydroxyl groups is 2. The number of ether oxygens (including phenoxy) is 1. The first-order chi connectivity index (χ1) is 18.8. The Morgan fingerprint density at radius 3 is 2.56 bits per heavy atom. The number of carbonyl (C=O) groups excluding carboxylic acids is 2. The van der Waals surface area contributed by atoms with Crippen LogP contribution in [-0.4, -0.2) is 65.0 Å². The Kier molecular flexibility index (Phi) is 9.62. The highest BCUT2D eigenvalue weighted by Gasteiger charge is 2.54. The summed E-state index contributed by atoms with van der Waals surface area (Å²) in [6, 6.07) is 14.6. The zero-order valence-electron chi connectivity index (χ0n) is 22.3. The maximum Gasteiger partial charge on any atom is 0.233 e.